The van der Waals surface area contributed by atoms with E-state index < -0.39 is 17.5 Å². The van der Waals surface area contributed by atoms with Gasteiger partial charge in [0.25, 0.3) is 11.7 Å². The average molecular weight is 247 g/mol. The van der Waals surface area contributed by atoms with E-state index in [1.54, 1.807) is 6.92 Å². The Morgan fingerprint density at radius 1 is 1.39 bits per heavy atom. The zero-order valence-electron chi connectivity index (χ0n) is 10.4. The van der Waals surface area contributed by atoms with Crippen LogP contribution in [0, 0.1) is 12.7 Å². The lowest BCUT2D eigenvalue weighted by Crippen LogP contribution is -2.31. The number of rotatable bonds is 3. The number of carbonyl (C=O) groups excluding carboxylic acids is 2. The molecule has 0 saturated carbocycles. The van der Waals surface area contributed by atoms with E-state index in [2.05, 4.69) is 6.58 Å². The van der Waals surface area contributed by atoms with Gasteiger partial charge in [-0.05, 0) is 38.0 Å². The lowest BCUT2D eigenvalue weighted by molar-refractivity contribution is -0.114. The van der Waals surface area contributed by atoms with Crippen LogP contribution in [0.3, 0.4) is 0 Å². The lowest BCUT2D eigenvalue weighted by atomic mass is 10.1. The molecule has 1 heterocycles. The van der Waals surface area contributed by atoms with Crippen molar-refractivity contribution in [3.63, 3.8) is 0 Å². The molecule has 2 rings (SSSR count). The van der Waals surface area contributed by atoms with Crippen molar-refractivity contribution in [1.29, 1.82) is 0 Å². The van der Waals surface area contributed by atoms with Crippen molar-refractivity contribution in [3.05, 3.63) is 41.2 Å². The van der Waals surface area contributed by atoms with Crippen molar-refractivity contribution in [2.75, 3.05) is 11.4 Å². The van der Waals surface area contributed by atoms with Crippen molar-refractivity contribution in [2.24, 2.45) is 0 Å². The Morgan fingerprint density at radius 2 is 2.06 bits per heavy atom. The molecule has 94 valence electrons. The maximum Gasteiger partial charge on any atom is 0.299 e. The highest BCUT2D eigenvalue weighted by molar-refractivity contribution is 6.52. The van der Waals surface area contributed by atoms with Gasteiger partial charge in [-0.25, -0.2) is 4.39 Å². The number of halogens is 1. The minimum absolute atomic E-state index is 0.166. The second-order valence-electron chi connectivity index (χ2n) is 4.61. The first-order valence-electron chi connectivity index (χ1n) is 5.72. The molecule has 0 radical (unpaired) electrons. The van der Waals surface area contributed by atoms with Gasteiger partial charge in [-0.2, -0.15) is 0 Å². The van der Waals surface area contributed by atoms with Gasteiger partial charge >= 0.3 is 0 Å². The molecular weight excluding hydrogens is 233 g/mol. The molecule has 1 amide bonds. The summed E-state index contributed by atoms with van der Waals surface area (Å²) in [5, 5.41) is 0. The van der Waals surface area contributed by atoms with Gasteiger partial charge in [0, 0.05) is 6.54 Å². The normalized spacial score (nSPS) is 14.1. The Balaban J connectivity index is 2.45. The van der Waals surface area contributed by atoms with Crippen LogP contribution in [-0.2, 0) is 4.79 Å². The monoisotopic (exact) mass is 247 g/mol. The summed E-state index contributed by atoms with van der Waals surface area (Å²) in [5.41, 5.74) is 2.24. The maximum absolute atomic E-state index is 13.3. The zero-order chi connectivity index (χ0) is 13.4. The molecule has 0 aliphatic carbocycles. The molecule has 0 bridgehead atoms. The van der Waals surface area contributed by atoms with Crippen molar-refractivity contribution >= 4 is 17.4 Å². The van der Waals surface area contributed by atoms with Gasteiger partial charge in [0.15, 0.2) is 0 Å². The van der Waals surface area contributed by atoms with Crippen LogP contribution in [0.4, 0.5) is 10.1 Å². The van der Waals surface area contributed by atoms with Gasteiger partial charge in [0.2, 0.25) is 0 Å². The minimum Gasteiger partial charge on any atom is -0.304 e. The first kappa shape index (κ1) is 12.5. The second-order valence-corrected chi connectivity index (χ2v) is 4.61. The summed E-state index contributed by atoms with van der Waals surface area (Å²) < 4.78 is 13.3. The fourth-order valence-corrected chi connectivity index (χ4v) is 2.12. The third kappa shape index (κ3) is 1.94. The molecule has 0 unspecified atom stereocenters. The largest absolute Gasteiger partial charge is 0.304 e. The SMILES string of the molecule is C=C(C)CCN1C(=O)C(=O)c2cc(F)cc(C)c21. The summed E-state index contributed by atoms with van der Waals surface area (Å²) in [6, 6.07) is 2.46. The van der Waals surface area contributed by atoms with Crippen LogP contribution in [0.5, 0.6) is 0 Å². The maximum atomic E-state index is 13.3. The number of hydrogen-bond donors (Lipinski definition) is 0. The number of hydrogen-bond acceptors (Lipinski definition) is 2. The third-order valence-electron chi connectivity index (χ3n) is 2.98. The molecule has 4 heteroatoms. The van der Waals surface area contributed by atoms with Crippen molar-refractivity contribution in [3.8, 4) is 0 Å². The molecule has 3 nitrogen and oxygen atoms in total. The molecule has 1 aliphatic heterocycles. The lowest BCUT2D eigenvalue weighted by Gasteiger charge is -2.18. The average Bonchev–Trinajstić information content (AvgIpc) is 2.51. The molecule has 0 N–H and O–H groups in total. The molecule has 0 saturated heterocycles. The number of nitrogens with zero attached hydrogens (tertiary/aromatic N) is 1. The number of anilines is 1. The minimum atomic E-state index is -0.630. The summed E-state index contributed by atoms with van der Waals surface area (Å²) in [7, 11) is 0. The summed E-state index contributed by atoms with van der Waals surface area (Å²) in [4.78, 5) is 25.1. The van der Waals surface area contributed by atoms with E-state index in [0.717, 1.165) is 11.6 Å². The zero-order valence-corrected chi connectivity index (χ0v) is 10.4. The molecule has 1 aromatic carbocycles. The second kappa shape index (κ2) is 4.37. The van der Waals surface area contributed by atoms with Gasteiger partial charge in [-0.3, -0.25) is 9.59 Å². The summed E-state index contributed by atoms with van der Waals surface area (Å²) in [6.45, 7) is 7.73. The number of fused-ring (bicyclic) bond motifs is 1. The van der Waals surface area contributed by atoms with Crippen LogP contribution in [0.1, 0.15) is 29.3 Å². The van der Waals surface area contributed by atoms with Crippen LogP contribution in [0.15, 0.2) is 24.3 Å². The van der Waals surface area contributed by atoms with Crippen LogP contribution >= 0.6 is 0 Å². The molecule has 18 heavy (non-hydrogen) atoms. The molecule has 1 aliphatic rings. The predicted octanol–water partition coefficient (Wildman–Crippen LogP) is 2.63. The summed E-state index contributed by atoms with van der Waals surface area (Å²) >= 11 is 0. The Kier molecular flexibility index (Phi) is 3.03. The van der Waals surface area contributed by atoms with Crippen molar-refractivity contribution < 1.29 is 14.0 Å². The molecule has 1 aromatic rings. The highest BCUT2D eigenvalue weighted by Crippen LogP contribution is 2.33. The number of carbonyl (C=O) groups is 2. The van der Waals surface area contributed by atoms with Crippen LogP contribution in [0.2, 0.25) is 0 Å². The molecule has 0 spiro atoms. The number of Topliss-reactive ketones (excluding diaryl/α,β-unsaturated/α-hetero) is 1. The number of aryl methyl sites for hydroxylation is 1. The highest BCUT2D eigenvalue weighted by Gasteiger charge is 2.36. The molecule has 0 atom stereocenters. The van der Waals surface area contributed by atoms with Gasteiger partial charge in [0.05, 0.1) is 11.3 Å². The van der Waals surface area contributed by atoms with Crippen molar-refractivity contribution in [1.82, 2.24) is 0 Å². The Morgan fingerprint density at radius 3 is 2.67 bits per heavy atom. The van der Waals surface area contributed by atoms with Gasteiger partial charge in [-0.1, -0.05) is 5.57 Å². The van der Waals surface area contributed by atoms with E-state index in [9.17, 15) is 14.0 Å². The third-order valence-corrected chi connectivity index (χ3v) is 2.98. The summed E-state index contributed by atoms with van der Waals surface area (Å²) in [5.74, 6) is -1.71. The number of benzene rings is 1. The Labute approximate surface area is 105 Å². The predicted molar refractivity (Wildman–Crippen MR) is 67.3 cm³/mol. The quantitative estimate of drug-likeness (QED) is 0.608. The van der Waals surface area contributed by atoms with E-state index in [4.69, 9.17) is 0 Å². The highest BCUT2D eigenvalue weighted by atomic mass is 19.1. The topological polar surface area (TPSA) is 37.4 Å². The van der Waals surface area contributed by atoms with Gasteiger partial charge in [-0.15, -0.1) is 6.58 Å². The van der Waals surface area contributed by atoms with Gasteiger partial charge in [0.1, 0.15) is 5.82 Å². The molecular formula is C14H14FNO2. The first-order chi connectivity index (χ1) is 8.41. The number of amides is 1. The molecule has 0 aromatic heterocycles. The standard InChI is InChI=1S/C14H14FNO2/c1-8(2)4-5-16-12-9(3)6-10(15)7-11(12)13(17)14(16)18/h6-7H,1,4-5H2,2-3H3. The summed E-state index contributed by atoms with van der Waals surface area (Å²) in [6.07, 6.45) is 0.620. The first-order valence-corrected chi connectivity index (χ1v) is 5.72. The van der Waals surface area contributed by atoms with E-state index in [1.165, 1.54) is 11.0 Å². The van der Waals surface area contributed by atoms with Gasteiger partial charge < -0.3 is 4.90 Å². The Bertz CT molecular complexity index is 563. The van der Waals surface area contributed by atoms with E-state index in [-0.39, 0.29) is 5.56 Å². The fourth-order valence-electron chi connectivity index (χ4n) is 2.12. The smallest absolute Gasteiger partial charge is 0.299 e. The van der Waals surface area contributed by atoms with Crippen LogP contribution in [0.25, 0.3) is 0 Å². The van der Waals surface area contributed by atoms with E-state index in [1.807, 2.05) is 6.92 Å². The fraction of sp³-hybridized carbons (Fsp3) is 0.286. The Hall–Kier alpha value is -1.97. The molecule has 0 fully saturated rings. The number of ketones is 1. The van der Waals surface area contributed by atoms with Crippen LogP contribution < -0.4 is 4.90 Å². The van der Waals surface area contributed by atoms with E-state index >= 15 is 0 Å². The van der Waals surface area contributed by atoms with Crippen LogP contribution in [-0.4, -0.2) is 18.2 Å². The van der Waals surface area contributed by atoms with Crippen molar-refractivity contribution in [2.45, 2.75) is 20.3 Å². The van der Waals surface area contributed by atoms with E-state index in [0.29, 0.717) is 24.2 Å².